The third-order valence-corrected chi connectivity index (χ3v) is 3.21. The molecule has 0 aliphatic rings. The molecule has 2 N–H and O–H groups in total. The molecule has 0 heterocycles. The quantitative estimate of drug-likeness (QED) is 0.627. The maximum Gasteiger partial charge on any atom is 0.251 e. The smallest absolute Gasteiger partial charge is 0.251 e. The van der Waals surface area contributed by atoms with Gasteiger partial charge in [-0.05, 0) is 31.9 Å². The van der Waals surface area contributed by atoms with Crippen LogP contribution in [0.4, 0.5) is 0 Å². The first-order chi connectivity index (χ1) is 8.16. The molecule has 3 nitrogen and oxygen atoms in total. The Bertz CT molecular complexity index is 380. The number of alkyl halides is 1. The molecule has 1 amide bonds. The summed E-state index contributed by atoms with van der Waals surface area (Å²) in [5.74, 6) is 0.0502. The van der Waals surface area contributed by atoms with Crippen LogP contribution in [0.15, 0.2) is 18.2 Å². The molecule has 17 heavy (non-hydrogen) atoms. The molecule has 1 aromatic rings. The third kappa shape index (κ3) is 4.38. The molecule has 0 aromatic heterocycles. The van der Waals surface area contributed by atoms with Crippen molar-refractivity contribution < 1.29 is 9.90 Å². The van der Waals surface area contributed by atoms with Gasteiger partial charge in [-0.2, -0.15) is 0 Å². The number of unbranched alkanes of at least 4 members (excludes halogenated alkanes) is 2. The van der Waals surface area contributed by atoms with Crippen molar-refractivity contribution in [1.82, 2.24) is 5.32 Å². The predicted molar refractivity (Wildman–Crippen MR) is 72.8 cm³/mol. The Hall–Kier alpha value is -1.03. The molecule has 4 heteroatoms. The van der Waals surface area contributed by atoms with Crippen LogP contribution in [0.3, 0.4) is 0 Å². The summed E-state index contributed by atoms with van der Waals surface area (Å²) in [4.78, 5) is 11.8. The standard InChI is InChI=1S/C13H18BrNO2/c1-10-11(6-5-7-12(10)16)13(17)15-9-4-2-3-8-14/h5-7,16H,2-4,8-9H2,1H3,(H,15,17). The number of carbonyl (C=O) groups is 1. The summed E-state index contributed by atoms with van der Waals surface area (Å²) >= 11 is 3.37. The lowest BCUT2D eigenvalue weighted by Crippen LogP contribution is -2.25. The summed E-state index contributed by atoms with van der Waals surface area (Å²) in [6, 6.07) is 4.99. The van der Waals surface area contributed by atoms with E-state index in [9.17, 15) is 9.90 Å². The Morgan fingerprint density at radius 3 is 2.82 bits per heavy atom. The molecule has 0 spiro atoms. The maximum absolute atomic E-state index is 11.8. The van der Waals surface area contributed by atoms with E-state index in [1.54, 1.807) is 25.1 Å². The lowest BCUT2D eigenvalue weighted by molar-refractivity contribution is 0.0952. The highest BCUT2D eigenvalue weighted by Crippen LogP contribution is 2.19. The van der Waals surface area contributed by atoms with E-state index >= 15 is 0 Å². The van der Waals surface area contributed by atoms with E-state index in [1.807, 2.05) is 0 Å². The second-order valence-corrected chi connectivity index (χ2v) is 4.75. The van der Waals surface area contributed by atoms with Crippen LogP contribution in [-0.2, 0) is 0 Å². The fourth-order valence-electron chi connectivity index (χ4n) is 1.56. The molecule has 0 saturated carbocycles. The largest absolute Gasteiger partial charge is 0.508 e. The number of nitrogens with one attached hydrogen (secondary N) is 1. The first-order valence-electron chi connectivity index (χ1n) is 5.79. The van der Waals surface area contributed by atoms with Gasteiger partial charge in [0.15, 0.2) is 0 Å². The number of rotatable bonds is 6. The normalized spacial score (nSPS) is 10.2. The van der Waals surface area contributed by atoms with Crippen molar-refractivity contribution >= 4 is 21.8 Å². The summed E-state index contributed by atoms with van der Waals surface area (Å²) in [6.45, 7) is 2.43. The number of phenols is 1. The van der Waals surface area contributed by atoms with Crippen LogP contribution in [0.2, 0.25) is 0 Å². The van der Waals surface area contributed by atoms with Gasteiger partial charge in [0.25, 0.3) is 5.91 Å². The Labute approximate surface area is 110 Å². The number of carbonyl (C=O) groups excluding carboxylic acids is 1. The molecular weight excluding hydrogens is 282 g/mol. The number of hydrogen-bond donors (Lipinski definition) is 2. The van der Waals surface area contributed by atoms with Crippen molar-refractivity contribution in [3.8, 4) is 5.75 Å². The Kier molecular flexibility index (Phi) is 6.05. The van der Waals surface area contributed by atoms with Crippen molar-refractivity contribution in [2.24, 2.45) is 0 Å². The van der Waals surface area contributed by atoms with Gasteiger partial charge in [0.1, 0.15) is 5.75 Å². The van der Waals surface area contributed by atoms with Crippen molar-refractivity contribution in [1.29, 1.82) is 0 Å². The fourth-order valence-corrected chi connectivity index (χ4v) is 1.96. The molecule has 1 rings (SSSR count). The third-order valence-electron chi connectivity index (χ3n) is 2.65. The highest BCUT2D eigenvalue weighted by molar-refractivity contribution is 9.09. The van der Waals surface area contributed by atoms with Crippen molar-refractivity contribution in [2.45, 2.75) is 26.2 Å². The van der Waals surface area contributed by atoms with Crippen molar-refractivity contribution in [3.63, 3.8) is 0 Å². The molecule has 0 radical (unpaired) electrons. The van der Waals surface area contributed by atoms with E-state index in [0.29, 0.717) is 17.7 Å². The van der Waals surface area contributed by atoms with Crippen LogP contribution in [0, 0.1) is 6.92 Å². The monoisotopic (exact) mass is 299 g/mol. The predicted octanol–water partition coefficient (Wildman–Crippen LogP) is 3.00. The minimum Gasteiger partial charge on any atom is -0.508 e. The molecule has 0 bridgehead atoms. The van der Waals surface area contributed by atoms with Gasteiger partial charge < -0.3 is 10.4 Å². The highest BCUT2D eigenvalue weighted by atomic mass is 79.9. The zero-order valence-electron chi connectivity index (χ0n) is 10.0. The maximum atomic E-state index is 11.8. The average molecular weight is 300 g/mol. The van der Waals surface area contributed by atoms with Gasteiger partial charge >= 0.3 is 0 Å². The number of hydrogen-bond acceptors (Lipinski definition) is 2. The number of aromatic hydroxyl groups is 1. The number of benzene rings is 1. The summed E-state index contributed by atoms with van der Waals surface area (Å²) < 4.78 is 0. The molecule has 0 aliphatic heterocycles. The van der Waals surface area contributed by atoms with Crippen LogP contribution in [-0.4, -0.2) is 22.9 Å². The van der Waals surface area contributed by atoms with E-state index < -0.39 is 0 Å². The molecular formula is C13H18BrNO2. The Balaban J connectivity index is 2.44. The minimum atomic E-state index is -0.114. The van der Waals surface area contributed by atoms with Gasteiger partial charge in [0, 0.05) is 23.0 Å². The fraction of sp³-hybridized carbons (Fsp3) is 0.462. The zero-order chi connectivity index (χ0) is 12.7. The first kappa shape index (κ1) is 14.0. The van der Waals surface area contributed by atoms with E-state index in [-0.39, 0.29) is 11.7 Å². The van der Waals surface area contributed by atoms with Crippen LogP contribution < -0.4 is 5.32 Å². The summed E-state index contributed by atoms with van der Waals surface area (Å²) in [5.41, 5.74) is 1.18. The Morgan fingerprint density at radius 1 is 1.35 bits per heavy atom. The highest BCUT2D eigenvalue weighted by Gasteiger charge is 2.10. The Morgan fingerprint density at radius 2 is 2.12 bits per heavy atom. The van der Waals surface area contributed by atoms with Crippen LogP contribution in [0.25, 0.3) is 0 Å². The lowest BCUT2D eigenvalue weighted by Gasteiger charge is -2.08. The second kappa shape index (κ2) is 7.33. The molecule has 0 saturated heterocycles. The summed E-state index contributed by atoms with van der Waals surface area (Å²) in [7, 11) is 0. The lowest BCUT2D eigenvalue weighted by atomic mass is 10.1. The molecule has 0 aliphatic carbocycles. The number of phenolic OH excluding ortho intramolecular Hbond substituents is 1. The van der Waals surface area contributed by atoms with Crippen molar-refractivity contribution in [3.05, 3.63) is 29.3 Å². The number of halogens is 1. The van der Waals surface area contributed by atoms with E-state index in [1.165, 1.54) is 0 Å². The topological polar surface area (TPSA) is 49.3 Å². The SMILES string of the molecule is Cc1c(O)cccc1C(=O)NCCCCCBr. The molecule has 0 atom stereocenters. The van der Waals surface area contributed by atoms with Crippen molar-refractivity contribution in [2.75, 3.05) is 11.9 Å². The number of amides is 1. The summed E-state index contributed by atoms with van der Waals surface area (Å²) in [6.07, 6.45) is 3.21. The van der Waals surface area contributed by atoms with E-state index in [4.69, 9.17) is 0 Å². The van der Waals surface area contributed by atoms with Gasteiger partial charge in [0.2, 0.25) is 0 Å². The van der Waals surface area contributed by atoms with Gasteiger partial charge in [-0.25, -0.2) is 0 Å². The van der Waals surface area contributed by atoms with E-state index in [0.717, 1.165) is 24.6 Å². The second-order valence-electron chi connectivity index (χ2n) is 3.96. The van der Waals surface area contributed by atoms with Crippen LogP contribution in [0.5, 0.6) is 5.75 Å². The minimum absolute atomic E-state index is 0.114. The average Bonchev–Trinajstić information content (AvgIpc) is 2.32. The van der Waals surface area contributed by atoms with Gasteiger partial charge in [0.05, 0.1) is 0 Å². The molecule has 1 aromatic carbocycles. The molecule has 94 valence electrons. The van der Waals surface area contributed by atoms with Crippen LogP contribution in [0.1, 0.15) is 35.2 Å². The first-order valence-corrected chi connectivity index (χ1v) is 6.91. The van der Waals surface area contributed by atoms with Gasteiger partial charge in [-0.1, -0.05) is 28.4 Å². The summed E-state index contributed by atoms with van der Waals surface area (Å²) in [5, 5.41) is 13.4. The van der Waals surface area contributed by atoms with E-state index in [2.05, 4.69) is 21.2 Å². The van der Waals surface area contributed by atoms with Gasteiger partial charge in [-0.15, -0.1) is 0 Å². The van der Waals surface area contributed by atoms with Gasteiger partial charge in [-0.3, -0.25) is 4.79 Å². The molecule has 0 fully saturated rings. The molecule has 0 unspecified atom stereocenters. The van der Waals surface area contributed by atoms with Crippen LogP contribution >= 0.6 is 15.9 Å². The zero-order valence-corrected chi connectivity index (χ0v) is 11.6.